The van der Waals surface area contributed by atoms with E-state index in [2.05, 4.69) is 23.9 Å². The van der Waals surface area contributed by atoms with Gasteiger partial charge in [-0.25, -0.2) is 9.67 Å². The highest BCUT2D eigenvalue weighted by Crippen LogP contribution is 2.22. The van der Waals surface area contributed by atoms with Crippen LogP contribution in [0.2, 0.25) is 0 Å². The minimum Gasteiger partial charge on any atom is -0.378 e. The Labute approximate surface area is 154 Å². The molecule has 1 amide bonds. The summed E-state index contributed by atoms with van der Waals surface area (Å²) in [6.07, 6.45) is 4.65. The van der Waals surface area contributed by atoms with Gasteiger partial charge in [0.25, 0.3) is 5.91 Å². The maximum atomic E-state index is 13.0. The number of amides is 1. The fourth-order valence-electron chi connectivity index (χ4n) is 3.39. The summed E-state index contributed by atoms with van der Waals surface area (Å²) in [5, 5.41) is 5.31. The van der Waals surface area contributed by atoms with E-state index in [-0.39, 0.29) is 18.1 Å². The second-order valence-corrected chi connectivity index (χ2v) is 7.22. The number of piperidine rings is 1. The molecule has 0 spiro atoms. The highest BCUT2D eigenvalue weighted by Gasteiger charge is 2.26. The number of ether oxygens (including phenoxy) is 1. The molecule has 0 saturated carbocycles. The summed E-state index contributed by atoms with van der Waals surface area (Å²) in [5.74, 6) is 0.0506. The molecule has 0 bridgehead atoms. The van der Waals surface area contributed by atoms with Gasteiger partial charge in [-0.3, -0.25) is 4.79 Å². The monoisotopic (exact) mass is 359 g/mol. The van der Waals surface area contributed by atoms with Crippen LogP contribution in [0.4, 0.5) is 0 Å². The number of rotatable bonds is 6. The third kappa shape index (κ3) is 3.88. The number of aromatic nitrogens is 3. The lowest BCUT2D eigenvalue weighted by molar-refractivity contribution is 0.00842. The van der Waals surface area contributed by atoms with E-state index >= 15 is 0 Å². The van der Waals surface area contributed by atoms with Gasteiger partial charge in [-0.1, -0.05) is 0 Å². The Morgan fingerprint density at radius 3 is 2.77 bits per heavy atom. The zero-order valence-corrected chi connectivity index (χ0v) is 15.9. The molecular weight excluding hydrogens is 330 g/mol. The van der Waals surface area contributed by atoms with Crippen LogP contribution in [0.3, 0.4) is 0 Å². The maximum absolute atomic E-state index is 13.0. The molecule has 142 valence electrons. The van der Waals surface area contributed by atoms with Crippen LogP contribution in [-0.4, -0.2) is 57.9 Å². The van der Waals surface area contributed by atoms with Gasteiger partial charge in [-0.2, -0.15) is 5.10 Å². The fraction of sp³-hybridized carbons (Fsp3) is 0.632. The average molecular weight is 359 g/mol. The number of carbonyl (C=O) groups excluding carboxylic acids is 1. The lowest BCUT2D eigenvalue weighted by atomic mass is 10.1. The van der Waals surface area contributed by atoms with Crippen LogP contribution in [0.25, 0.3) is 11.0 Å². The quantitative estimate of drug-likeness (QED) is 0.800. The van der Waals surface area contributed by atoms with Crippen molar-refractivity contribution in [3.05, 3.63) is 23.5 Å². The van der Waals surface area contributed by atoms with Gasteiger partial charge in [-0.05, 0) is 52.6 Å². The molecule has 2 aromatic heterocycles. The average Bonchev–Trinajstić information content (AvgIpc) is 3.04. The second kappa shape index (κ2) is 8.14. The van der Waals surface area contributed by atoms with E-state index in [9.17, 15) is 4.79 Å². The number of likely N-dealkylation sites (tertiary alicyclic amines) is 1. The first-order valence-corrected chi connectivity index (χ1v) is 9.47. The van der Waals surface area contributed by atoms with Gasteiger partial charge >= 0.3 is 0 Å². The van der Waals surface area contributed by atoms with Gasteiger partial charge in [0.15, 0.2) is 5.65 Å². The van der Waals surface area contributed by atoms with Crippen LogP contribution in [0.1, 0.15) is 55.2 Å². The molecule has 2 aromatic rings. The molecular formula is C19H29N5O2. The molecule has 0 aromatic carbocycles. The van der Waals surface area contributed by atoms with Crippen LogP contribution in [0, 0.1) is 6.92 Å². The maximum Gasteiger partial charge on any atom is 0.255 e. The lowest BCUT2D eigenvalue weighted by Gasteiger charge is -2.32. The predicted octanol–water partition coefficient (Wildman–Crippen LogP) is 2.29. The second-order valence-electron chi connectivity index (χ2n) is 7.22. The number of carbonyl (C=O) groups is 1. The van der Waals surface area contributed by atoms with Gasteiger partial charge in [0.05, 0.1) is 23.6 Å². The van der Waals surface area contributed by atoms with E-state index in [0.717, 1.165) is 49.1 Å². The Morgan fingerprint density at radius 2 is 2.12 bits per heavy atom. The van der Waals surface area contributed by atoms with Crippen LogP contribution in [-0.2, 0) is 4.74 Å². The van der Waals surface area contributed by atoms with E-state index in [4.69, 9.17) is 10.5 Å². The van der Waals surface area contributed by atoms with Gasteiger partial charge in [-0.15, -0.1) is 0 Å². The lowest BCUT2D eigenvalue weighted by Crippen LogP contribution is -2.41. The van der Waals surface area contributed by atoms with Crippen LogP contribution >= 0.6 is 0 Å². The molecule has 0 radical (unpaired) electrons. The van der Waals surface area contributed by atoms with E-state index < -0.39 is 0 Å². The Balaban J connectivity index is 1.69. The van der Waals surface area contributed by atoms with Crippen molar-refractivity contribution in [3.8, 4) is 0 Å². The number of fused-ring (bicyclic) bond motifs is 1. The van der Waals surface area contributed by atoms with Crippen molar-refractivity contribution >= 4 is 16.9 Å². The zero-order valence-electron chi connectivity index (χ0n) is 15.9. The Morgan fingerprint density at radius 1 is 1.38 bits per heavy atom. The van der Waals surface area contributed by atoms with Crippen LogP contribution in [0.5, 0.6) is 0 Å². The molecule has 3 rings (SSSR count). The van der Waals surface area contributed by atoms with Gasteiger partial charge in [0, 0.05) is 31.1 Å². The van der Waals surface area contributed by atoms with Crippen molar-refractivity contribution in [2.45, 2.75) is 52.2 Å². The summed E-state index contributed by atoms with van der Waals surface area (Å²) in [6.45, 7) is 8.83. The molecule has 3 heterocycles. The molecule has 7 nitrogen and oxygen atoms in total. The van der Waals surface area contributed by atoms with Crippen molar-refractivity contribution in [2.24, 2.45) is 5.73 Å². The smallest absolute Gasteiger partial charge is 0.255 e. The molecule has 0 atom stereocenters. The fourth-order valence-corrected chi connectivity index (χ4v) is 3.39. The number of hydrogen-bond acceptors (Lipinski definition) is 5. The molecule has 1 aliphatic heterocycles. The first kappa shape index (κ1) is 18.8. The summed E-state index contributed by atoms with van der Waals surface area (Å²) < 4.78 is 7.71. The summed E-state index contributed by atoms with van der Waals surface area (Å²) in [5.41, 5.74) is 7.76. The molecule has 2 N–H and O–H groups in total. The molecule has 0 aliphatic carbocycles. The summed E-state index contributed by atoms with van der Waals surface area (Å²) in [6, 6.07) is 2.16. The number of nitrogens with zero attached hydrogens (tertiary/aromatic N) is 4. The molecule has 7 heteroatoms. The Bertz CT molecular complexity index is 763. The summed E-state index contributed by atoms with van der Waals surface area (Å²) >= 11 is 0. The van der Waals surface area contributed by atoms with Crippen molar-refractivity contribution in [1.82, 2.24) is 19.7 Å². The molecule has 26 heavy (non-hydrogen) atoms. The van der Waals surface area contributed by atoms with Crippen molar-refractivity contribution in [1.29, 1.82) is 0 Å². The Hall–Kier alpha value is -1.99. The molecule has 1 fully saturated rings. The summed E-state index contributed by atoms with van der Waals surface area (Å²) in [7, 11) is 0. The van der Waals surface area contributed by atoms with E-state index in [1.807, 2.05) is 22.6 Å². The van der Waals surface area contributed by atoms with Gasteiger partial charge in [0.1, 0.15) is 0 Å². The topological polar surface area (TPSA) is 86.3 Å². The van der Waals surface area contributed by atoms with Crippen molar-refractivity contribution in [3.63, 3.8) is 0 Å². The molecule has 0 unspecified atom stereocenters. The molecule has 1 aliphatic rings. The highest BCUT2D eigenvalue weighted by atomic mass is 16.5. The van der Waals surface area contributed by atoms with E-state index in [1.165, 1.54) is 0 Å². The third-order valence-corrected chi connectivity index (χ3v) is 4.91. The van der Waals surface area contributed by atoms with Crippen LogP contribution in [0.15, 0.2) is 12.3 Å². The number of aryl methyl sites for hydroxylation is 1. The largest absolute Gasteiger partial charge is 0.378 e. The highest BCUT2D eigenvalue weighted by molar-refractivity contribution is 5.98. The standard InChI is InChI=1S/C19H29N5O2/c1-13(2)24-18-15(12-21-24)11-17(14(3)22-18)19(25)23-8-5-16(6-9-23)26-10-4-7-20/h11-13,16H,4-10,20H2,1-3H3. The van der Waals surface area contributed by atoms with Gasteiger partial charge < -0.3 is 15.4 Å². The minimum atomic E-state index is 0.0506. The predicted molar refractivity (Wildman–Crippen MR) is 101 cm³/mol. The summed E-state index contributed by atoms with van der Waals surface area (Å²) in [4.78, 5) is 19.5. The minimum absolute atomic E-state index is 0.0506. The number of nitrogens with two attached hydrogens (primary N) is 1. The molecule has 1 saturated heterocycles. The van der Waals surface area contributed by atoms with E-state index in [0.29, 0.717) is 18.7 Å². The number of pyridine rings is 1. The third-order valence-electron chi connectivity index (χ3n) is 4.91. The van der Waals surface area contributed by atoms with Crippen molar-refractivity contribution < 1.29 is 9.53 Å². The normalized spacial score (nSPS) is 16.0. The van der Waals surface area contributed by atoms with Crippen molar-refractivity contribution in [2.75, 3.05) is 26.2 Å². The zero-order chi connectivity index (χ0) is 18.7. The van der Waals surface area contributed by atoms with Gasteiger partial charge in [0.2, 0.25) is 0 Å². The first-order valence-electron chi connectivity index (χ1n) is 9.47. The Kier molecular flexibility index (Phi) is 5.88. The first-order chi connectivity index (χ1) is 12.5. The number of hydrogen-bond donors (Lipinski definition) is 1. The SMILES string of the molecule is Cc1nc2c(cnn2C(C)C)cc1C(=O)N1CCC(OCCCN)CC1. The van der Waals surface area contributed by atoms with Crippen LogP contribution < -0.4 is 5.73 Å². The van der Waals surface area contributed by atoms with E-state index in [1.54, 1.807) is 6.20 Å².